The van der Waals surface area contributed by atoms with Gasteiger partial charge in [0.1, 0.15) is 0 Å². The summed E-state index contributed by atoms with van der Waals surface area (Å²) in [7, 11) is 0. The van der Waals surface area contributed by atoms with Crippen LogP contribution in [0.4, 0.5) is 0 Å². The van der Waals surface area contributed by atoms with Crippen molar-refractivity contribution < 1.29 is 0 Å². The minimum absolute atomic E-state index is 1.09. The van der Waals surface area contributed by atoms with E-state index in [1.165, 1.54) is 16.7 Å². The number of hydrogen-bond acceptors (Lipinski definition) is 0. The van der Waals surface area contributed by atoms with Crippen LogP contribution in [-0.4, -0.2) is 0 Å². The predicted molar refractivity (Wildman–Crippen MR) is 77.2 cm³/mol. The number of benzene rings is 1. The first-order valence-electron chi connectivity index (χ1n) is 6.32. The van der Waals surface area contributed by atoms with E-state index in [2.05, 4.69) is 56.8 Å². The van der Waals surface area contributed by atoms with Gasteiger partial charge in [0.05, 0.1) is 0 Å². The highest BCUT2D eigenvalue weighted by molar-refractivity contribution is 5.26. The molecule has 0 saturated carbocycles. The topological polar surface area (TPSA) is 0 Å². The summed E-state index contributed by atoms with van der Waals surface area (Å²) in [6.07, 6.45) is 11.4. The second kappa shape index (κ2) is 7.67. The Kier molecular flexibility index (Phi) is 6.09. The lowest BCUT2D eigenvalue weighted by molar-refractivity contribution is 0.959. The number of rotatable bonds is 6. The van der Waals surface area contributed by atoms with Crippen LogP contribution in [0.15, 0.2) is 60.7 Å². The van der Waals surface area contributed by atoms with Crippen LogP contribution in [0.25, 0.3) is 0 Å². The molecule has 0 radical (unpaired) electrons. The van der Waals surface area contributed by atoms with E-state index in [0.717, 1.165) is 19.3 Å². The molecule has 0 spiro atoms. The van der Waals surface area contributed by atoms with Crippen LogP contribution in [0.2, 0.25) is 0 Å². The molecule has 0 aliphatic carbocycles. The van der Waals surface area contributed by atoms with Crippen molar-refractivity contribution in [3.8, 4) is 0 Å². The van der Waals surface area contributed by atoms with Crippen LogP contribution in [0.3, 0.4) is 0 Å². The number of aryl methyl sites for hydroxylation is 2. The number of allylic oxidation sites excluding steroid dienone is 5. The number of hydrogen-bond donors (Lipinski definition) is 0. The molecule has 0 heteroatoms. The Balaban J connectivity index is 2.54. The minimum atomic E-state index is 1.09. The quantitative estimate of drug-likeness (QED) is 0.607. The maximum Gasteiger partial charge on any atom is -0.0238 e. The van der Waals surface area contributed by atoms with E-state index in [1.807, 2.05) is 12.2 Å². The smallest absolute Gasteiger partial charge is 0.0238 e. The maximum absolute atomic E-state index is 3.69. The van der Waals surface area contributed by atoms with Crippen molar-refractivity contribution in [1.82, 2.24) is 0 Å². The third-order valence-corrected chi connectivity index (χ3v) is 2.95. The summed E-state index contributed by atoms with van der Waals surface area (Å²) < 4.78 is 0. The Morgan fingerprint density at radius 3 is 2.35 bits per heavy atom. The zero-order valence-corrected chi connectivity index (χ0v) is 10.9. The van der Waals surface area contributed by atoms with Crippen molar-refractivity contribution in [3.05, 3.63) is 71.8 Å². The molecule has 1 aromatic carbocycles. The Morgan fingerprint density at radius 2 is 1.82 bits per heavy atom. The highest BCUT2D eigenvalue weighted by Gasteiger charge is 1.96. The van der Waals surface area contributed by atoms with E-state index >= 15 is 0 Å². The fourth-order valence-electron chi connectivity index (χ4n) is 1.75. The molecule has 0 nitrogen and oxygen atoms in total. The van der Waals surface area contributed by atoms with Gasteiger partial charge in [0, 0.05) is 0 Å². The minimum Gasteiger partial charge on any atom is -0.0991 e. The van der Waals surface area contributed by atoms with Gasteiger partial charge in [0.25, 0.3) is 0 Å². The molecule has 17 heavy (non-hydrogen) atoms. The second-order valence-corrected chi connectivity index (χ2v) is 4.13. The summed E-state index contributed by atoms with van der Waals surface area (Å²) in [5.41, 5.74) is 4.18. The van der Waals surface area contributed by atoms with Crippen LogP contribution >= 0.6 is 0 Å². The predicted octanol–water partition coefficient (Wildman–Crippen LogP) is 4.87. The summed E-state index contributed by atoms with van der Waals surface area (Å²) in [4.78, 5) is 0. The van der Waals surface area contributed by atoms with Crippen molar-refractivity contribution in [2.75, 3.05) is 0 Å². The molecule has 0 unspecified atom stereocenters. The fourth-order valence-corrected chi connectivity index (χ4v) is 1.75. The third-order valence-electron chi connectivity index (χ3n) is 2.95. The van der Waals surface area contributed by atoms with Crippen molar-refractivity contribution in [1.29, 1.82) is 0 Å². The van der Waals surface area contributed by atoms with Gasteiger partial charge < -0.3 is 0 Å². The summed E-state index contributed by atoms with van der Waals surface area (Å²) in [5.74, 6) is 0. The van der Waals surface area contributed by atoms with Crippen molar-refractivity contribution >= 4 is 0 Å². The molecule has 0 heterocycles. The summed E-state index contributed by atoms with van der Waals surface area (Å²) in [6.45, 7) is 7.96. The lowest BCUT2D eigenvalue weighted by Gasteiger charge is -2.04. The van der Waals surface area contributed by atoms with E-state index in [-0.39, 0.29) is 0 Å². The average molecular weight is 226 g/mol. The van der Waals surface area contributed by atoms with Gasteiger partial charge in [0.15, 0.2) is 0 Å². The largest absolute Gasteiger partial charge is 0.0991 e. The van der Waals surface area contributed by atoms with Gasteiger partial charge in [-0.15, -0.1) is 0 Å². The Morgan fingerprint density at radius 1 is 1.18 bits per heavy atom. The lowest BCUT2D eigenvalue weighted by atomic mass is 10.0. The van der Waals surface area contributed by atoms with Gasteiger partial charge in [-0.25, -0.2) is 0 Å². The molecule has 0 aliphatic heterocycles. The van der Waals surface area contributed by atoms with Gasteiger partial charge >= 0.3 is 0 Å². The SMILES string of the molecule is C=C/C=C\C(=C/C)CCc1ccc(CC)cc1. The molecule has 0 bridgehead atoms. The van der Waals surface area contributed by atoms with E-state index in [4.69, 9.17) is 0 Å². The van der Waals surface area contributed by atoms with E-state index < -0.39 is 0 Å². The van der Waals surface area contributed by atoms with Crippen molar-refractivity contribution in [2.24, 2.45) is 0 Å². The molecular weight excluding hydrogens is 204 g/mol. The van der Waals surface area contributed by atoms with E-state index in [0.29, 0.717) is 0 Å². The molecule has 0 aromatic heterocycles. The van der Waals surface area contributed by atoms with Crippen LogP contribution in [0.1, 0.15) is 31.4 Å². The highest BCUT2D eigenvalue weighted by Crippen LogP contribution is 2.12. The fraction of sp³-hybridized carbons (Fsp3) is 0.294. The maximum atomic E-state index is 3.69. The Hall–Kier alpha value is -1.56. The average Bonchev–Trinajstić information content (AvgIpc) is 2.39. The van der Waals surface area contributed by atoms with E-state index in [9.17, 15) is 0 Å². The monoisotopic (exact) mass is 226 g/mol. The van der Waals surface area contributed by atoms with Crippen LogP contribution in [0.5, 0.6) is 0 Å². The molecule has 90 valence electrons. The molecule has 0 amide bonds. The van der Waals surface area contributed by atoms with Gasteiger partial charge in [-0.2, -0.15) is 0 Å². The highest BCUT2D eigenvalue weighted by atomic mass is 14.0. The molecular formula is C17H22. The van der Waals surface area contributed by atoms with Gasteiger partial charge in [-0.1, -0.05) is 67.6 Å². The first kappa shape index (κ1) is 13.5. The molecule has 0 fully saturated rings. The van der Waals surface area contributed by atoms with Crippen molar-refractivity contribution in [3.63, 3.8) is 0 Å². The zero-order valence-electron chi connectivity index (χ0n) is 10.9. The second-order valence-electron chi connectivity index (χ2n) is 4.13. The molecule has 0 atom stereocenters. The van der Waals surface area contributed by atoms with E-state index in [1.54, 1.807) is 0 Å². The van der Waals surface area contributed by atoms with Crippen LogP contribution in [-0.2, 0) is 12.8 Å². The lowest BCUT2D eigenvalue weighted by Crippen LogP contribution is -1.88. The van der Waals surface area contributed by atoms with Gasteiger partial charge in [-0.05, 0) is 37.3 Å². The summed E-state index contributed by atoms with van der Waals surface area (Å²) in [5, 5.41) is 0. The molecule has 0 N–H and O–H groups in total. The first-order chi connectivity index (χ1) is 8.30. The zero-order chi connectivity index (χ0) is 12.5. The Labute approximate surface area is 105 Å². The van der Waals surface area contributed by atoms with Crippen LogP contribution in [0, 0.1) is 0 Å². The van der Waals surface area contributed by atoms with Gasteiger partial charge in [-0.3, -0.25) is 0 Å². The summed E-state index contributed by atoms with van der Waals surface area (Å²) in [6, 6.07) is 8.93. The van der Waals surface area contributed by atoms with Crippen LogP contribution < -0.4 is 0 Å². The first-order valence-corrected chi connectivity index (χ1v) is 6.32. The Bertz CT molecular complexity index is 391. The normalized spacial score (nSPS) is 12.0. The molecule has 1 rings (SSSR count). The van der Waals surface area contributed by atoms with Crippen molar-refractivity contribution in [2.45, 2.75) is 33.1 Å². The molecule has 0 saturated heterocycles. The summed E-state index contributed by atoms with van der Waals surface area (Å²) >= 11 is 0. The molecule has 0 aliphatic rings. The standard InChI is InChI=1S/C17H22/c1-4-7-8-15(5-2)9-12-17-13-10-16(6-3)11-14-17/h4-5,7-8,10-11,13-14H,1,6,9,12H2,2-3H3/b8-7-,15-5+. The molecule has 1 aromatic rings. The van der Waals surface area contributed by atoms with Gasteiger partial charge in [0.2, 0.25) is 0 Å². The third kappa shape index (κ3) is 4.86.